The van der Waals surface area contributed by atoms with Gasteiger partial charge in [0.05, 0.1) is 0 Å². The first-order valence-corrected chi connectivity index (χ1v) is 5.42. The summed E-state index contributed by atoms with van der Waals surface area (Å²) in [6.45, 7) is 0. The molecule has 0 atom stereocenters. The zero-order valence-corrected chi connectivity index (χ0v) is 8.83. The van der Waals surface area contributed by atoms with Gasteiger partial charge in [0.2, 0.25) is 6.29 Å². The van der Waals surface area contributed by atoms with Crippen molar-refractivity contribution in [2.45, 2.75) is 9.79 Å². The number of hydrogen-bond acceptors (Lipinski definition) is 2. The fourth-order valence-electron chi connectivity index (χ4n) is 1.26. The van der Waals surface area contributed by atoms with E-state index in [9.17, 15) is 4.79 Å². The zero-order valence-electron chi connectivity index (χ0n) is 8.01. The van der Waals surface area contributed by atoms with Crippen molar-refractivity contribution < 1.29 is 4.79 Å². The lowest BCUT2D eigenvalue weighted by Crippen LogP contribution is -1.83. The van der Waals surface area contributed by atoms with Crippen molar-refractivity contribution in [1.82, 2.24) is 0 Å². The Morgan fingerprint density at radius 3 is 2.27 bits per heavy atom. The minimum Gasteiger partial charge on any atom is -0.285 e. The molecule has 2 heteroatoms. The van der Waals surface area contributed by atoms with Gasteiger partial charge >= 0.3 is 0 Å². The molecule has 73 valence electrons. The van der Waals surface area contributed by atoms with Crippen LogP contribution in [0.3, 0.4) is 0 Å². The smallest absolute Gasteiger partial charge is 0.234 e. The maximum atomic E-state index is 10.7. The molecule has 0 spiro atoms. The third-order valence-corrected chi connectivity index (χ3v) is 3.05. The summed E-state index contributed by atoms with van der Waals surface area (Å²) < 4.78 is 0. The molecule has 2 aromatic rings. The SMILES string of the molecule is O=[C]c1ccccc1Sc1ccccc1. The third-order valence-electron chi connectivity index (χ3n) is 1.97. The molecule has 15 heavy (non-hydrogen) atoms. The fraction of sp³-hybridized carbons (Fsp3) is 0. The highest BCUT2D eigenvalue weighted by Crippen LogP contribution is 2.29. The summed E-state index contributed by atoms with van der Waals surface area (Å²) in [6.07, 6.45) is 1.94. The van der Waals surface area contributed by atoms with Gasteiger partial charge in [0.1, 0.15) is 0 Å². The quantitative estimate of drug-likeness (QED) is 0.778. The maximum absolute atomic E-state index is 10.7. The largest absolute Gasteiger partial charge is 0.285 e. The molecule has 0 saturated carbocycles. The van der Waals surface area contributed by atoms with Gasteiger partial charge in [-0.3, -0.25) is 4.79 Å². The summed E-state index contributed by atoms with van der Waals surface area (Å²) in [5.41, 5.74) is 0.617. The topological polar surface area (TPSA) is 17.1 Å². The second-order valence-corrected chi connectivity index (χ2v) is 4.13. The molecule has 1 nitrogen and oxygen atoms in total. The monoisotopic (exact) mass is 213 g/mol. The Morgan fingerprint density at radius 2 is 1.53 bits per heavy atom. The minimum atomic E-state index is 0.617. The molecule has 0 aliphatic rings. The molecule has 0 aliphatic heterocycles. The van der Waals surface area contributed by atoms with Gasteiger partial charge in [-0.15, -0.1) is 0 Å². The van der Waals surface area contributed by atoms with Crippen LogP contribution >= 0.6 is 11.8 Å². The van der Waals surface area contributed by atoms with E-state index < -0.39 is 0 Å². The van der Waals surface area contributed by atoms with Crippen LogP contribution in [0.2, 0.25) is 0 Å². The van der Waals surface area contributed by atoms with Crippen LogP contribution in [0.15, 0.2) is 64.4 Å². The Morgan fingerprint density at radius 1 is 0.867 bits per heavy atom. The van der Waals surface area contributed by atoms with Crippen molar-refractivity contribution in [2.24, 2.45) is 0 Å². The molecule has 0 saturated heterocycles. The molecule has 0 bridgehead atoms. The predicted molar refractivity (Wildman–Crippen MR) is 61.8 cm³/mol. The normalized spacial score (nSPS) is 9.87. The Bertz CT molecular complexity index is 451. The van der Waals surface area contributed by atoms with Crippen molar-refractivity contribution in [3.8, 4) is 0 Å². The standard InChI is InChI=1S/C13H9OS/c14-10-11-6-4-5-9-13(11)15-12-7-2-1-3-8-12/h1-9H. The van der Waals surface area contributed by atoms with Gasteiger partial charge in [0.25, 0.3) is 0 Å². The number of benzene rings is 2. The molecule has 2 aromatic carbocycles. The summed E-state index contributed by atoms with van der Waals surface area (Å²) in [7, 11) is 0. The Labute approximate surface area is 93.1 Å². The fourth-order valence-corrected chi connectivity index (χ4v) is 2.17. The van der Waals surface area contributed by atoms with E-state index in [0.29, 0.717) is 5.56 Å². The molecule has 0 fully saturated rings. The first-order valence-electron chi connectivity index (χ1n) is 4.60. The minimum absolute atomic E-state index is 0.617. The van der Waals surface area contributed by atoms with Gasteiger partial charge in [0.15, 0.2) is 0 Å². The second kappa shape index (κ2) is 4.80. The van der Waals surface area contributed by atoms with Crippen LogP contribution in [-0.2, 0) is 4.79 Å². The summed E-state index contributed by atoms with van der Waals surface area (Å²) >= 11 is 1.58. The zero-order chi connectivity index (χ0) is 10.5. The average Bonchev–Trinajstić information content (AvgIpc) is 2.31. The van der Waals surface area contributed by atoms with Crippen LogP contribution in [0, 0.1) is 0 Å². The molecule has 0 N–H and O–H groups in total. The lowest BCUT2D eigenvalue weighted by molar-refractivity contribution is 0.562. The van der Waals surface area contributed by atoms with E-state index >= 15 is 0 Å². The van der Waals surface area contributed by atoms with E-state index in [-0.39, 0.29) is 0 Å². The van der Waals surface area contributed by atoms with Crippen molar-refractivity contribution in [3.05, 3.63) is 60.2 Å². The number of rotatable bonds is 3. The van der Waals surface area contributed by atoms with Crippen LogP contribution in [-0.4, -0.2) is 6.29 Å². The Kier molecular flexibility index (Phi) is 3.20. The van der Waals surface area contributed by atoms with E-state index in [1.807, 2.05) is 54.8 Å². The Balaban J connectivity index is 2.28. The highest BCUT2D eigenvalue weighted by atomic mass is 32.2. The van der Waals surface area contributed by atoms with E-state index in [1.54, 1.807) is 17.8 Å². The summed E-state index contributed by atoms with van der Waals surface area (Å²) in [5, 5.41) is 0. The van der Waals surface area contributed by atoms with Crippen LogP contribution in [0.25, 0.3) is 0 Å². The van der Waals surface area contributed by atoms with Crippen LogP contribution in [0.5, 0.6) is 0 Å². The van der Waals surface area contributed by atoms with Crippen molar-refractivity contribution in [2.75, 3.05) is 0 Å². The van der Waals surface area contributed by atoms with Gasteiger partial charge < -0.3 is 0 Å². The van der Waals surface area contributed by atoms with Gasteiger partial charge in [-0.2, -0.15) is 0 Å². The molecule has 1 radical (unpaired) electrons. The molecular weight excluding hydrogens is 204 g/mol. The maximum Gasteiger partial charge on any atom is 0.234 e. The molecule has 0 aliphatic carbocycles. The van der Waals surface area contributed by atoms with Crippen molar-refractivity contribution in [1.29, 1.82) is 0 Å². The number of carbonyl (C=O) groups excluding carboxylic acids is 1. The van der Waals surface area contributed by atoms with Gasteiger partial charge in [-0.1, -0.05) is 42.1 Å². The average molecular weight is 213 g/mol. The Hall–Kier alpha value is -1.54. The molecule has 0 amide bonds. The first kappa shape index (κ1) is 9.99. The van der Waals surface area contributed by atoms with Gasteiger partial charge in [0, 0.05) is 15.4 Å². The second-order valence-electron chi connectivity index (χ2n) is 3.01. The highest BCUT2D eigenvalue weighted by molar-refractivity contribution is 7.99. The van der Waals surface area contributed by atoms with E-state index in [2.05, 4.69) is 0 Å². The van der Waals surface area contributed by atoms with Crippen LogP contribution in [0.4, 0.5) is 0 Å². The van der Waals surface area contributed by atoms with Crippen LogP contribution < -0.4 is 0 Å². The summed E-state index contributed by atoms with van der Waals surface area (Å²) in [4.78, 5) is 12.7. The van der Waals surface area contributed by atoms with E-state index in [1.165, 1.54) is 0 Å². The van der Waals surface area contributed by atoms with Crippen LogP contribution in [0.1, 0.15) is 5.56 Å². The van der Waals surface area contributed by atoms with Crippen molar-refractivity contribution in [3.63, 3.8) is 0 Å². The summed E-state index contributed by atoms with van der Waals surface area (Å²) in [5.74, 6) is 0. The van der Waals surface area contributed by atoms with E-state index in [4.69, 9.17) is 0 Å². The summed E-state index contributed by atoms with van der Waals surface area (Å²) in [6, 6.07) is 17.4. The van der Waals surface area contributed by atoms with Gasteiger partial charge in [-0.05, 0) is 24.3 Å². The van der Waals surface area contributed by atoms with E-state index in [0.717, 1.165) is 9.79 Å². The van der Waals surface area contributed by atoms with Crippen molar-refractivity contribution >= 4 is 18.0 Å². The highest BCUT2D eigenvalue weighted by Gasteiger charge is 2.02. The molecule has 0 unspecified atom stereocenters. The lowest BCUT2D eigenvalue weighted by Gasteiger charge is -2.02. The molecule has 2 rings (SSSR count). The molecule has 0 aromatic heterocycles. The predicted octanol–water partition coefficient (Wildman–Crippen LogP) is 3.30. The number of hydrogen-bond donors (Lipinski definition) is 0. The van der Waals surface area contributed by atoms with Gasteiger partial charge in [-0.25, -0.2) is 0 Å². The lowest BCUT2D eigenvalue weighted by atomic mass is 10.2. The first-order chi connectivity index (χ1) is 7.40. The third kappa shape index (κ3) is 2.48. The molecular formula is C13H9OS. The molecule has 0 heterocycles.